The van der Waals surface area contributed by atoms with E-state index in [2.05, 4.69) is 11.6 Å². The van der Waals surface area contributed by atoms with Gasteiger partial charge in [-0.1, -0.05) is 38.1 Å². The fraction of sp³-hybridized carbons (Fsp3) is 0.391. The molecule has 0 unspecified atom stereocenters. The minimum absolute atomic E-state index is 0.0592. The number of carbonyl (C=O) groups is 2. The lowest BCUT2D eigenvalue weighted by atomic mass is 10.1. The molecule has 2 heterocycles. The Hall–Kier alpha value is -3.66. The predicted molar refractivity (Wildman–Crippen MR) is 126 cm³/mol. The number of H-pyrrole nitrogens is 1. The Morgan fingerprint density at radius 3 is 2.52 bits per heavy atom. The molecule has 2 aromatic rings. The molecule has 10 heteroatoms. The van der Waals surface area contributed by atoms with Gasteiger partial charge in [-0.3, -0.25) is 23.9 Å². The fourth-order valence-corrected chi connectivity index (χ4v) is 3.83. The van der Waals surface area contributed by atoms with Crippen molar-refractivity contribution in [3.63, 3.8) is 0 Å². The van der Waals surface area contributed by atoms with Gasteiger partial charge in [-0.15, -0.1) is 0 Å². The number of methoxy groups -OCH3 is 1. The van der Waals surface area contributed by atoms with E-state index < -0.39 is 17.2 Å². The lowest BCUT2D eigenvalue weighted by Gasteiger charge is -2.25. The zero-order valence-corrected chi connectivity index (χ0v) is 18.9. The molecule has 3 rings (SSSR count). The van der Waals surface area contributed by atoms with E-state index in [-0.39, 0.29) is 43.5 Å². The van der Waals surface area contributed by atoms with Gasteiger partial charge >= 0.3 is 5.69 Å². The van der Waals surface area contributed by atoms with Crippen LogP contribution in [0, 0.1) is 0 Å². The largest absolute Gasteiger partial charge is 0.383 e. The van der Waals surface area contributed by atoms with Gasteiger partial charge in [0.15, 0.2) is 5.69 Å². The smallest absolute Gasteiger partial charge is 0.330 e. The number of rotatable bonds is 10. The first-order chi connectivity index (χ1) is 15.8. The van der Waals surface area contributed by atoms with Crippen LogP contribution >= 0.6 is 0 Å². The first kappa shape index (κ1) is 24.0. The molecule has 0 fully saturated rings. The molecule has 0 saturated heterocycles. The molecule has 0 atom stereocenters. The van der Waals surface area contributed by atoms with Crippen LogP contribution in [0.15, 0.2) is 40.4 Å². The molecule has 33 heavy (non-hydrogen) atoms. The van der Waals surface area contributed by atoms with Gasteiger partial charge in [-0.2, -0.15) is 0 Å². The summed E-state index contributed by atoms with van der Waals surface area (Å²) in [6, 6.07) is 7.12. The van der Waals surface area contributed by atoms with E-state index in [9.17, 15) is 19.2 Å². The fourth-order valence-electron chi connectivity index (χ4n) is 3.83. The Bertz CT molecular complexity index is 1150. The molecule has 0 saturated carbocycles. The molecule has 176 valence electrons. The summed E-state index contributed by atoms with van der Waals surface area (Å²) in [5.41, 5.74) is 6.52. The summed E-state index contributed by atoms with van der Waals surface area (Å²) in [4.78, 5) is 55.8. The molecule has 0 spiro atoms. The van der Waals surface area contributed by atoms with Crippen molar-refractivity contribution in [1.29, 1.82) is 0 Å². The SMILES string of the molecule is C=C1c2ccccc2C(=O)N1CCC(=O)N(CCOC)c1c(N)n(CCCC)c(=O)[nH]c1=O. The van der Waals surface area contributed by atoms with Crippen LogP contribution in [0.1, 0.15) is 42.1 Å². The third kappa shape index (κ3) is 4.75. The van der Waals surface area contributed by atoms with Gasteiger partial charge in [-0.25, -0.2) is 4.79 Å². The van der Waals surface area contributed by atoms with Gasteiger partial charge in [0.1, 0.15) is 5.82 Å². The summed E-state index contributed by atoms with van der Waals surface area (Å²) in [7, 11) is 1.47. The van der Waals surface area contributed by atoms with E-state index in [1.807, 2.05) is 19.1 Å². The number of unbranched alkanes of at least 4 members (excludes halogenated alkanes) is 1. The van der Waals surface area contributed by atoms with Crippen LogP contribution in [-0.2, 0) is 16.1 Å². The van der Waals surface area contributed by atoms with Crippen LogP contribution in [0.2, 0.25) is 0 Å². The minimum Gasteiger partial charge on any atom is -0.383 e. The molecule has 1 aliphatic rings. The van der Waals surface area contributed by atoms with Gasteiger partial charge < -0.3 is 20.3 Å². The number of nitrogens with two attached hydrogens (primary N) is 1. The van der Waals surface area contributed by atoms with Crippen LogP contribution in [0.4, 0.5) is 11.5 Å². The second kappa shape index (κ2) is 10.3. The maximum atomic E-state index is 13.2. The van der Waals surface area contributed by atoms with Crippen LogP contribution in [0.3, 0.4) is 0 Å². The number of nitrogens with zero attached hydrogens (tertiary/aromatic N) is 3. The first-order valence-electron chi connectivity index (χ1n) is 10.8. The maximum Gasteiger partial charge on any atom is 0.330 e. The molecule has 1 aliphatic heterocycles. The lowest BCUT2D eigenvalue weighted by Crippen LogP contribution is -2.43. The van der Waals surface area contributed by atoms with Crippen molar-refractivity contribution in [2.75, 3.05) is 37.4 Å². The minimum atomic E-state index is -0.747. The number of nitrogens with one attached hydrogen (secondary N) is 1. The van der Waals surface area contributed by atoms with Crippen molar-refractivity contribution in [3.05, 3.63) is 62.8 Å². The zero-order valence-electron chi connectivity index (χ0n) is 18.9. The van der Waals surface area contributed by atoms with Crippen molar-refractivity contribution < 1.29 is 14.3 Å². The number of hydrogen-bond donors (Lipinski definition) is 2. The Labute approximate surface area is 191 Å². The topological polar surface area (TPSA) is 131 Å². The summed E-state index contributed by atoms with van der Waals surface area (Å²) < 4.78 is 6.36. The van der Waals surface area contributed by atoms with Crippen LogP contribution in [-0.4, -0.2) is 53.1 Å². The van der Waals surface area contributed by atoms with E-state index in [0.717, 1.165) is 12.0 Å². The van der Waals surface area contributed by atoms with E-state index in [0.29, 0.717) is 24.2 Å². The van der Waals surface area contributed by atoms with Crippen molar-refractivity contribution in [3.8, 4) is 0 Å². The number of hydrogen-bond acceptors (Lipinski definition) is 6. The molecule has 0 bridgehead atoms. The molecule has 1 aromatic heterocycles. The van der Waals surface area contributed by atoms with Gasteiger partial charge in [0.2, 0.25) is 5.91 Å². The molecule has 3 N–H and O–H groups in total. The Kier molecular flexibility index (Phi) is 7.49. The van der Waals surface area contributed by atoms with E-state index in [1.54, 1.807) is 12.1 Å². The number of anilines is 2. The van der Waals surface area contributed by atoms with Crippen LogP contribution < -0.4 is 21.9 Å². The van der Waals surface area contributed by atoms with Gasteiger partial charge in [0, 0.05) is 50.0 Å². The van der Waals surface area contributed by atoms with Gasteiger partial charge in [0.25, 0.3) is 11.5 Å². The highest BCUT2D eigenvalue weighted by molar-refractivity contribution is 6.09. The number of aromatic amines is 1. The third-order valence-electron chi connectivity index (χ3n) is 5.63. The second-order valence-electron chi connectivity index (χ2n) is 7.74. The number of nitrogen functional groups attached to an aromatic ring is 1. The van der Waals surface area contributed by atoms with Crippen LogP contribution in [0.25, 0.3) is 5.70 Å². The number of benzene rings is 1. The molecular formula is C23H29N5O5. The van der Waals surface area contributed by atoms with E-state index >= 15 is 0 Å². The average Bonchev–Trinajstić information content (AvgIpc) is 3.04. The lowest BCUT2D eigenvalue weighted by molar-refractivity contribution is -0.118. The van der Waals surface area contributed by atoms with Crippen molar-refractivity contribution in [1.82, 2.24) is 14.5 Å². The van der Waals surface area contributed by atoms with Gasteiger partial charge in [0.05, 0.1) is 6.61 Å². The maximum absolute atomic E-state index is 13.2. The number of fused-ring (bicyclic) bond motifs is 1. The normalized spacial score (nSPS) is 12.8. The number of aromatic nitrogens is 2. The summed E-state index contributed by atoms with van der Waals surface area (Å²) in [5, 5.41) is 0. The summed E-state index contributed by atoms with van der Waals surface area (Å²) in [5.74, 6) is -0.727. The number of carbonyl (C=O) groups excluding carboxylic acids is 2. The zero-order chi connectivity index (χ0) is 24.1. The molecule has 1 aromatic carbocycles. The van der Waals surface area contributed by atoms with E-state index in [1.165, 1.54) is 21.5 Å². The van der Waals surface area contributed by atoms with Crippen molar-refractivity contribution in [2.24, 2.45) is 0 Å². The Morgan fingerprint density at radius 1 is 1.18 bits per heavy atom. The molecule has 0 aliphatic carbocycles. The molecule has 2 amide bonds. The molecular weight excluding hydrogens is 426 g/mol. The first-order valence-corrected chi connectivity index (χ1v) is 10.8. The predicted octanol–water partition coefficient (Wildman–Crippen LogP) is 1.42. The number of ether oxygens (including phenoxy) is 1. The second-order valence-corrected chi connectivity index (χ2v) is 7.74. The molecule has 0 radical (unpaired) electrons. The van der Waals surface area contributed by atoms with E-state index in [4.69, 9.17) is 10.5 Å². The third-order valence-corrected chi connectivity index (χ3v) is 5.63. The summed E-state index contributed by atoms with van der Waals surface area (Å²) in [6.45, 7) is 6.56. The highest BCUT2D eigenvalue weighted by Crippen LogP contribution is 2.31. The summed E-state index contributed by atoms with van der Waals surface area (Å²) >= 11 is 0. The van der Waals surface area contributed by atoms with Crippen molar-refractivity contribution >= 4 is 29.0 Å². The van der Waals surface area contributed by atoms with Crippen molar-refractivity contribution in [2.45, 2.75) is 32.7 Å². The molecule has 10 nitrogen and oxygen atoms in total. The quantitative estimate of drug-likeness (QED) is 0.557. The highest BCUT2D eigenvalue weighted by atomic mass is 16.5. The van der Waals surface area contributed by atoms with Gasteiger partial charge in [-0.05, 0) is 12.5 Å². The monoisotopic (exact) mass is 455 g/mol. The summed E-state index contributed by atoms with van der Waals surface area (Å²) in [6.07, 6.45) is 1.43. The average molecular weight is 456 g/mol. The van der Waals surface area contributed by atoms with Crippen LogP contribution in [0.5, 0.6) is 0 Å². The standard InChI is InChI=1S/C23H29N5O5/c1-4-5-11-28-20(24)19(21(30)25-23(28)32)27(13-14-33-3)18(29)10-12-26-15(2)16-8-6-7-9-17(16)22(26)31/h6-9H,2,4-5,10-14,24H2,1,3H3,(H,25,30,32). The Morgan fingerprint density at radius 2 is 1.88 bits per heavy atom. The Balaban J connectivity index is 1.86. The number of amides is 2. The highest BCUT2D eigenvalue weighted by Gasteiger charge is 2.32.